The summed E-state index contributed by atoms with van der Waals surface area (Å²) in [4.78, 5) is 11.0. The molecule has 0 heterocycles. The van der Waals surface area contributed by atoms with Gasteiger partial charge in [-0.2, -0.15) is 0 Å². The monoisotopic (exact) mass is 291 g/mol. The molecule has 2 N–H and O–H groups in total. The maximum Gasteiger partial charge on any atom is 0.339 e. The fourth-order valence-corrected chi connectivity index (χ4v) is 2.33. The predicted molar refractivity (Wildman–Crippen MR) is 71.2 cm³/mol. The van der Waals surface area contributed by atoms with Gasteiger partial charge < -0.3 is 10.4 Å². The van der Waals surface area contributed by atoms with Crippen LogP contribution in [0.4, 0.5) is 5.69 Å². The Kier molecular flexibility index (Phi) is 4.98. The zero-order chi connectivity index (χ0) is 13.8. The van der Waals surface area contributed by atoms with E-state index >= 15 is 0 Å². The van der Waals surface area contributed by atoms with Gasteiger partial charge in [-0.15, -0.1) is 0 Å². The second-order valence-corrected chi connectivity index (χ2v) is 6.51. The standard InChI is InChI=1S/C11H14ClNO4S/c1-2-18(16,17)7-6-13-9-5-3-4-8(12)10(9)11(14)15/h3-5,13H,2,6-7H2,1H3,(H,14,15). The lowest BCUT2D eigenvalue weighted by atomic mass is 10.2. The van der Waals surface area contributed by atoms with Gasteiger partial charge >= 0.3 is 5.97 Å². The molecule has 0 aromatic heterocycles. The number of carboxylic acids is 1. The van der Waals surface area contributed by atoms with Crippen LogP contribution in [0.25, 0.3) is 0 Å². The first kappa shape index (κ1) is 14.8. The van der Waals surface area contributed by atoms with Crippen molar-refractivity contribution in [3.63, 3.8) is 0 Å². The average Bonchev–Trinajstić information content (AvgIpc) is 2.28. The van der Waals surface area contributed by atoms with Crippen molar-refractivity contribution in [2.45, 2.75) is 6.92 Å². The Hall–Kier alpha value is -1.27. The highest BCUT2D eigenvalue weighted by Gasteiger charge is 2.14. The Bertz CT molecular complexity index is 542. The van der Waals surface area contributed by atoms with Crippen LogP contribution in [-0.2, 0) is 9.84 Å². The molecule has 0 fully saturated rings. The first-order valence-electron chi connectivity index (χ1n) is 5.33. The van der Waals surface area contributed by atoms with Crippen molar-refractivity contribution in [2.75, 3.05) is 23.4 Å². The highest BCUT2D eigenvalue weighted by atomic mass is 35.5. The van der Waals surface area contributed by atoms with Gasteiger partial charge in [-0.1, -0.05) is 24.6 Å². The molecule has 1 rings (SSSR count). The van der Waals surface area contributed by atoms with Crippen LogP contribution < -0.4 is 5.32 Å². The van der Waals surface area contributed by atoms with Crippen molar-refractivity contribution in [3.05, 3.63) is 28.8 Å². The molecule has 1 aromatic rings. The van der Waals surface area contributed by atoms with Crippen molar-refractivity contribution in [1.29, 1.82) is 0 Å². The third-order valence-corrected chi connectivity index (χ3v) is 4.42. The van der Waals surface area contributed by atoms with Crippen molar-refractivity contribution < 1.29 is 18.3 Å². The maximum absolute atomic E-state index is 11.3. The molecule has 0 amide bonds. The second kappa shape index (κ2) is 6.06. The molecule has 1 aromatic carbocycles. The van der Waals surface area contributed by atoms with Gasteiger partial charge in [-0.3, -0.25) is 0 Å². The van der Waals surface area contributed by atoms with Gasteiger partial charge in [-0.25, -0.2) is 13.2 Å². The molecule has 0 saturated carbocycles. The van der Waals surface area contributed by atoms with Crippen LogP contribution in [0.2, 0.25) is 5.02 Å². The lowest BCUT2D eigenvalue weighted by Gasteiger charge is -2.10. The number of anilines is 1. The summed E-state index contributed by atoms with van der Waals surface area (Å²) in [7, 11) is -3.08. The molecule has 0 spiro atoms. The molecule has 5 nitrogen and oxygen atoms in total. The molecule has 18 heavy (non-hydrogen) atoms. The normalized spacial score (nSPS) is 11.2. The summed E-state index contributed by atoms with van der Waals surface area (Å²) >= 11 is 5.78. The van der Waals surface area contributed by atoms with E-state index in [-0.39, 0.29) is 28.6 Å². The van der Waals surface area contributed by atoms with Crippen molar-refractivity contribution in [1.82, 2.24) is 0 Å². The zero-order valence-electron chi connectivity index (χ0n) is 9.81. The van der Waals surface area contributed by atoms with Gasteiger partial charge in [0, 0.05) is 12.3 Å². The maximum atomic E-state index is 11.3. The van der Waals surface area contributed by atoms with Crippen molar-refractivity contribution in [3.8, 4) is 0 Å². The number of sulfone groups is 1. The molecule has 0 radical (unpaired) electrons. The first-order chi connectivity index (χ1) is 8.37. The van der Waals surface area contributed by atoms with Crippen LogP contribution in [0.1, 0.15) is 17.3 Å². The average molecular weight is 292 g/mol. The quantitative estimate of drug-likeness (QED) is 0.836. The topological polar surface area (TPSA) is 83.5 Å². The van der Waals surface area contributed by atoms with E-state index in [1.165, 1.54) is 6.07 Å². The minimum atomic E-state index is -3.08. The van der Waals surface area contributed by atoms with Gasteiger partial charge in [0.1, 0.15) is 5.56 Å². The SMILES string of the molecule is CCS(=O)(=O)CCNc1cccc(Cl)c1C(=O)O. The fourth-order valence-electron chi connectivity index (χ4n) is 1.37. The molecular formula is C11H14ClNO4S. The van der Waals surface area contributed by atoms with Gasteiger partial charge in [0.25, 0.3) is 0 Å². The van der Waals surface area contributed by atoms with Crippen LogP contribution in [0.15, 0.2) is 18.2 Å². The Morgan fingerprint density at radius 2 is 2.11 bits per heavy atom. The molecule has 100 valence electrons. The largest absolute Gasteiger partial charge is 0.478 e. The molecule has 0 unspecified atom stereocenters. The zero-order valence-corrected chi connectivity index (χ0v) is 11.4. The number of aromatic carboxylic acids is 1. The highest BCUT2D eigenvalue weighted by molar-refractivity contribution is 7.91. The number of carbonyl (C=O) groups is 1. The van der Waals surface area contributed by atoms with E-state index in [2.05, 4.69) is 5.32 Å². The number of carboxylic acid groups (broad SMARTS) is 1. The third-order valence-electron chi connectivity index (χ3n) is 2.40. The summed E-state index contributed by atoms with van der Waals surface area (Å²) in [6, 6.07) is 4.62. The Balaban J connectivity index is 2.80. The molecule has 0 aliphatic carbocycles. The number of hydrogen-bond acceptors (Lipinski definition) is 4. The summed E-state index contributed by atoms with van der Waals surface area (Å²) in [6.45, 7) is 1.72. The molecule has 7 heteroatoms. The summed E-state index contributed by atoms with van der Waals surface area (Å²) in [5.74, 6) is -1.13. The number of benzene rings is 1. The first-order valence-corrected chi connectivity index (χ1v) is 7.53. The second-order valence-electron chi connectivity index (χ2n) is 3.63. The van der Waals surface area contributed by atoms with E-state index in [1.54, 1.807) is 19.1 Å². The van der Waals surface area contributed by atoms with Gasteiger partial charge in [-0.05, 0) is 12.1 Å². The van der Waals surface area contributed by atoms with Crippen LogP contribution in [0.5, 0.6) is 0 Å². The lowest BCUT2D eigenvalue weighted by Crippen LogP contribution is -2.18. The Morgan fingerprint density at radius 3 is 2.67 bits per heavy atom. The Labute approximate surface area is 111 Å². The predicted octanol–water partition coefficient (Wildman–Crippen LogP) is 1.88. The van der Waals surface area contributed by atoms with Crippen LogP contribution in [0.3, 0.4) is 0 Å². The number of hydrogen-bond donors (Lipinski definition) is 2. The van der Waals surface area contributed by atoms with Crippen LogP contribution in [0, 0.1) is 0 Å². The van der Waals surface area contributed by atoms with Gasteiger partial charge in [0.2, 0.25) is 0 Å². The molecule has 0 aliphatic heterocycles. The van der Waals surface area contributed by atoms with Gasteiger partial charge in [0.15, 0.2) is 9.84 Å². The van der Waals surface area contributed by atoms with Crippen LogP contribution in [-0.4, -0.2) is 37.5 Å². The van der Waals surface area contributed by atoms with E-state index in [4.69, 9.17) is 16.7 Å². The van der Waals surface area contributed by atoms with E-state index in [9.17, 15) is 13.2 Å². The van der Waals surface area contributed by atoms with Gasteiger partial charge in [0.05, 0.1) is 16.5 Å². The van der Waals surface area contributed by atoms with Crippen molar-refractivity contribution in [2.24, 2.45) is 0 Å². The van der Waals surface area contributed by atoms with E-state index in [0.29, 0.717) is 5.69 Å². The summed E-state index contributed by atoms with van der Waals surface area (Å²) in [5.41, 5.74) is 0.273. The van der Waals surface area contributed by atoms with Crippen LogP contribution >= 0.6 is 11.6 Å². The Morgan fingerprint density at radius 1 is 1.44 bits per heavy atom. The lowest BCUT2D eigenvalue weighted by molar-refractivity contribution is 0.0698. The molecule has 0 bridgehead atoms. The summed E-state index contributed by atoms with van der Waals surface area (Å²) in [5, 5.41) is 11.9. The number of halogens is 1. The summed E-state index contributed by atoms with van der Waals surface area (Å²) in [6.07, 6.45) is 0. The fraction of sp³-hybridized carbons (Fsp3) is 0.364. The smallest absolute Gasteiger partial charge is 0.339 e. The van der Waals surface area contributed by atoms with E-state index in [1.807, 2.05) is 0 Å². The number of nitrogens with one attached hydrogen (secondary N) is 1. The van der Waals surface area contributed by atoms with Crippen molar-refractivity contribution >= 4 is 33.1 Å². The summed E-state index contributed by atoms with van der Waals surface area (Å²) < 4.78 is 22.6. The molecule has 0 atom stereocenters. The minimum Gasteiger partial charge on any atom is -0.478 e. The van der Waals surface area contributed by atoms with E-state index in [0.717, 1.165) is 0 Å². The molecule has 0 saturated heterocycles. The molecule has 0 aliphatic rings. The molecular weight excluding hydrogens is 278 g/mol. The minimum absolute atomic E-state index is 0.0466. The highest BCUT2D eigenvalue weighted by Crippen LogP contribution is 2.24. The third kappa shape index (κ3) is 3.89. The van der Waals surface area contributed by atoms with E-state index < -0.39 is 15.8 Å². The number of rotatable bonds is 6.